The van der Waals surface area contributed by atoms with Crippen LogP contribution >= 0.6 is 0 Å². The average Bonchev–Trinajstić information content (AvgIpc) is 2.84. The van der Waals surface area contributed by atoms with Crippen LogP contribution < -0.4 is 14.2 Å². The zero-order valence-corrected chi connectivity index (χ0v) is 22.6. The molecule has 1 aromatic heterocycles. The van der Waals surface area contributed by atoms with Crippen molar-refractivity contribution in [1.82, 2.24) is 9.88 Å². The lowest BCUT2D eigenvalue weighted by atomic mass is 9.90. The summed E-state index contributed by atoms with van der Waals surface area (Å²) in [5, 5.41) is 1.02. The van der Waals surface area contributed by atoms with Crippen LogP contribution in [0.15, 0.2) is 42.5 Å². The molecule has 3 aromatic rings. The van der Waals surface area contributed by atoms with Crippen molar-refractivity contribution in [2.24, 2.45) is 5.92 Å². The van der Waals surface area contributed by atoms with Crippen LogP contribution in [0.4, 0.5) is 10.1 Å². The van der Waals surface area contributed by atoms with Crippen molar-refractivity contribution in [3.05, 3.63) is 59.5 Å². The number of aromatic nitrogens is 1. The number of pyridine rings is 1. The molecule has 37 heavy (non-hydrogen) atoms. The summed E-state index contributed by atoms with van der Waals surface area (Å²) in [5.41, 5.74) is 2.86. The van der Waals surface area contributed by atoms with E-state index in [0.29, 0.717) is 25.4 Å². The van der Waals surface area contributed by atoms with Gasteiger partial charge in [-0.3, -0.25) is 14.6 Å². The number of sulfonamides is 1. The number of fused-ring (bicyclic) bond motifs is 1. The number of methoxy groups -OCH3 is 1. The third-order valence-electron chi connectivity index (χ3n) is 6.77. The highest BCUT2D eigenvalue weighted by Gasteiger charge is 2.22. The maximum atomic E-state index is 14.7. The van der Waals surface area contributed by atoms with Gasteiger partial charge in [0, 0.05) is 17.6 Å². The highest BCUT2D eigenvalue weighted by atomic mass is 32.2. The van der Waals surface area contributed by atoms with Gasteiger partial charge in [-0.2, -0.15) is 0 Å². The normalized spacial score (nSPS) is 15.1. The Morgan fingerprint density at radius 1 is 1.16 bits per heavy atom. The number of anilines is 1. The number of halogens is 1. The number of aryl methyl sites for hydroxylation is 1. The van der Waals surface area contributed by atoms with Crippen LogP contribution in [0.1, 0.15) is 37.4 Å². The largest absolute Gasteiger partial charge is 0.492 e. The number of benzene rings is 2. The molecule has 0 spiro atoms. The standard InChI is InChI=1S/C28H36FN3O4S/c1-4-16-37(33,34)31-26-19-22(18-24(29)28(26)35-3)17-21-10-12-32(13-11-21)14-15-36-27-7-5-6-25-23(27)9-8-20(2)30-25/h5-9,18-19,21,31H,4,10-17H2,1-3H3. The van der Waals surface area contributed by atoms with E-state index in [-0.39, 0.29) is 17.2 Å². The summed E-state index contributed by atoms with van der Waals surface area (Å²) in [7, 11) is -2.21. The zero-order chi connectivity index (χ0) is 26.4. The Hall–Kier alpha value is -2.91. The molecule has 2 heterocycles. The number of piperidine rings is 1. The van der Waals surface area contributed by atoms with Crippen LogP contribution in [-0.4, -0.2) is 57.4 Å². The maximum Gasteiger partial charge on any atom is 0.232 e. The van der Waals surface area contributed by atoms with Crippen molar-refractivity contribution in [2.75, 3.05) is 43.8 Å². The van der Waals surface area contributed by atoms with E-state index in [1.807, 2.05) is 31.2 Å². The van der Waals surface area contributed by atoms with Gasteiger partial charge in [-0.05, 0) is 93.6 Å². The monoisotopic (exact) mass is 529 g/mol. The van der Waals surface area contributed by atoms with E-state index in [2.05, 4.69) is 20.7 Å². The van der Waals surface area contributed by atoms with Gasteiger partial charge in [-0.25, -0.2) is 12.8 Å². The van der Waals surface area contributed by atoms with Crippen LogP contribution in [0.2, 0.25) is 0 Å². The second-order valence-electron chi connectivity index (χ2n) is 9.69. The quantitative estimate of drug-likeness (QED) is 0.369. The number of rotatable bonds is 11. The first-order valence-electron chi connectivity index (χ1n) is 12.9. The molecule has 0 atom stereocenters. The fraction of sp³-hybridized carbons (Fsp3) is 0.464. The van der Waals surface area contributed by atoms with E-state index in [0.717, 1.165) is 60.4 Å². The average molecular weight is 530 g/mol. The van der Waals surface area contributed by atoms with Crippen molar-refractivity contribution < 1.29 is 22.3 Å². The number of nitrogens with one attached hydrogen (secondary N) is 1. The number of hydrogen-bond acceptors (Lipinski definition) is 6. The predicted molar refractivity (Wildman–Crippen MR) is 145 cm³/mol. The van der Waals surface area contributed by atoms with Crippen molar-refractivity contribution in [1.29, 1.82) is 0 Å². The van der Waals surface area contributed by atoms with Crippen LogP contribution in [0.5, 0.6) is 11.5 Å². The first-order chi connectivity index (χ1) is 17.8. The Morgan fingerprint density at radius 2 is 1.95 bits per heavy atom. The van der Waals surface area contributed by atoms with E-state index in [1.54, 1.807) is 13.0 Å². The van der Waals surface area contributed by atoms with Gasteiger partial charge in [0.1, 0.15) is 12.4 Å². The van der Waals surface area contributed by atoms with Gasteiger partial charge in [0.15, 0.2) is 11.6 Å². The lowest BCUT2D eigenvalue weighted by molar-refractivity contribution is 0.155. The highest BCUT2D eigenvalue weighted by Crippen LogP contribution is 2.32. The van der Waals surface area contributed by atoms with Crippen LogP contribution in [0.25, 0.3) is 10.9 Å². The van der Waals surface area contributed by atoms with Crippen molar-refractivity contribution in [2.45, 2.75) is 39.5 Å². The number of nitrogens with zero attached hydrogens (tertiary/aromatic N) is 2. The first kappa shape index (κ1) is 27.1. The third kappa shape index (κ3) is 7.11. The van der Waals surface area contributed by atoms with Crippen molar-refractivity contribution in [3.8, 4) is 11.5 Å². The SMILES string of the molecule is CCCS(=O)(=O)Nc1cc(CC2CCN(CCOc3cccc4nc(C)ccc34)CC2)cc(F)c1OC. The molecule has 200 valence electrons. The first-order valence-corrected chi connectivity index (χ1v) is 14.5. The van der Waals surface area contributed by atoms with Gasteiger partial charge in [0.05, 0.1) is 24.1 Å². The summed E-state index contributed by atoms with van der Waals surface area (Å²) >= 11 is 0. The maximum absolute atomic E-state index is 14.7. The van der Waals surface area contributed by atoms with E-state index >= 15 is 0 Å². The van der Waals surface area contributed by atoms with Crippen molar-refractivity contribution >= 4 is 26.6 Å². The summed E-state index contributed by atoms with van der Waals surface area (Å²) in [6.45, 7) is 7.09. The predicted octanol–water partition coefficient (Wildman–Crippen LogP) is 5.18. The molecule has 2 aromatic carbocycles. The van der Waals surface area contributed by atoms with E-state index in [4.69, 9.17) is 9.47 Å². The highest BCUT2D eigenvalue weighted by molar-refractivity contribution is 7.92. The van der Waals surface area contributed by atoms with Crippen LogP contribution in [0, 0.1) is 18.7 Å². The topological polar surface area (TPSA) is 80.8 Å². The molecule has 0 radical (unpaired) electrons. The Morgan fingerprint density at radius 3 is 2.68 bits per heavy atom. The summed E-state index contributed by atoms with van der Waals surface area (Å²) in [6, 6.07) is 13.2. The zero-order valence-electron chi connectivity index (χ0n) is 21.8. The molecule has 1 aliphatic rings. The van der Waals surface area contributed by atoms with Gasteiger partial charge >= 0.3 is 0 Å². The summed E-state index contributed by atoms with van der Waals surface area (Å²) in [5.74, 6) is 0.600. The molecular weight excluding hydrogens is 493 g/mol. The number of ether oxygens (including phenoxy) is 2. The van der Waals surface area contributed by atoms with Gasteiger partial charge in [-0.15, -0.1) is 0 Å². The molecule has 0 amide bonds. The van der Waals surface area contributed by atoms with Crippen LogP contribution in [-0.2, 0) is 16.4 Å². The number of hydrogen-bond donors (Lipinski definition) is 1. The second kappa shape index (κ2) is 12.1. The molecule has 0 aliphatic carbocycles. The molecule has 4 rings (SSSR count). The van der Waals surface area contributed by atoms with Gasteiger partial charge in [0.25, 0.3) is 0 Å². The number of likely N-dealkylation sites (tertiary alicyclic amines) is 1. The van der Waals surface area contributed by atoms with E-state index in [1.165, 1.54) is 13.2 Å². The molecule has 7 nitrogen and oxygen atoms in total. The molecule has 0 bridgehead atoms. The summed E-state index contributed by atoms with van der Waals surface area (Å²) in [6.07, 6.45) is 3.14. The molecular formula is C28H36FN3O4S. The molecule has 1 saturated heterocycles. The van der Waals surface area contributed by atoms with E-state index < -0.39 is 15.8 Å². The molecule has 1 fully saturated rings. The Labute approximate surface area is 219 Å². The minimum atomic E-state index is -3.55. The van der Waals surface area contributed by atoms with E-state index in [9.17, 15) is 12.8 Å². The van der Waals surface area contributed by atoms with Gasteiger partial charge < -0.3 is 9.47 Å². The lowest BCUT2D eigenvalue weighted by Gasteiger charge is -2.32. The minimum absolute atomic E-state index is 0.0266. The van der Waals surface area contributed by atoms with Gasteiger partial charge in [0.2, 0.25) is 10.0 Å². The Kier molecular flexibility index (Phi) is 8.87. The third-order valence-corrected chi connectivity index (χ3v) is 8.25. The lowest BCUT2D eigenvalue weighted by Crippen LogP contribution is -2.37. The molecule has 1 N–H and O–H groups in total. The molecule has 1 aliphatic heterocycles. The minimum Gasteiger partial charge on any atom is -0.492 e. The fourth-order valence-electron chi connectivity index (χ4n) is 4.92. The second-order valence-corrected chi connectivity index (χ2v) is 11.5. The summed E-state index contributed by atoms with van der Waals surface area (Å²) in [4.78, 5) is 6.96. The Bertz CT molecular complexity index is 1320. The van der Waals surface area contributed by atoms with Gasteiger partial charge in [-0.1, -0.05) is 13.0 Å². The summed E-state index contributed by atoms with van der Waals surface area (Å²) < 4.78 is 53.0. The molecule has 0 unspecified atom stereocenters. The molecule has 9 heteroatoms. The van der Waals surface area contributed by atoms with Crippen molar-refractivity contribution in [3.63, 3.8) is 0 Å². The fourth-order valence-corrected chi connectivity index (χ4v) is 6.05. The van der Waals surface area contributed by atoms with Crippen LogP contribution in [0.3, 0.4) is 0 Å². The molecule has 0 saturated carbocycles. The Balaban J connectivity index is 1.30. The smallest absolute Gasteiger partial charge is 0.232 e.